The normalized spacial score (nSPS) is 10.0. The molecule has 0 fully saturated rings. The lowest BCUT2D eigenvalue weighted by atomic mass is 10.2. The second-order valence-electron chi connectivity index (χ2n) is 2.79. The predicted molar refractivity (Wildman–Crippen MR) is 46.7 cm³/mol. The fourth-order valence-corrected chi connectivity index (χ4v) is 0.920. The average molecular weight is 182 g/mol. The van der Waals surface area contributed by atoms with Crippen molar-refractivity contribution in [3.8, 4) is 0 Å². The molecule has 0 N–H and O–H groups in total. The Hall–Kier alpha value is -1.22. The van der Waals surface area contributed by atoms with Crippen LogP contribution in [0.15, 0.2) is 24.3 Å². The summed E-state index contributed by atoms with van der Waals surface area (Å²) in [6.45, 7) is 1.61. The second-order valence-corrected chi connectivity index (χ2v) is 2.79. The molecular formula is C10H11FO2. The van der Waals surface area contributed by atoms with E-state index in [0.717, 1.165) is 0 Å². The number of ketones is 1. The van der Waals surface area contributed by atoms with Gasteiger partial charge in [-0.1, -0.05) is 18.2 Å². The van der Waals surface area contributed by atoms with E-state index in [9.17, 15) is 9.18 Å². The lowest BCUT2D eigenvalue weighted by Crippen LogP contribution is -2.04. The van der Waals surface area contributed by atoms with Crippen LogP contribution < -0.4 is 0 Å². The van der Waals surface area contributed by atoms with Crippen molar-refractivity contribution in [1.29, 1.82) is 0 Å². The lowest BCUT2D eigenvalue weighted by Gasteiger charge is -2.02. The van der Waals surface area contributed by atoms with Gasteiger partial charge in [0.05, 0.1) is 6.61 Å². The van der Waals surface area contributed by atoms with Gasteiger partial charge in [-0.2, -0.15) is 0 Å². The zero-order chi connectivity index (χ0) is 9.68. The Morgan fingerprint density at radius 3 is 2.77 bits per heavy atom. The molecule has 1 aromatic carbocycles. The van der Waals surface area contributed by atoms with Crippen molar-refractivity contribution in [1.82, 2.24) is 0 Å². The molecule has 0 aliphatic carbocycles. The lowest BCUT2D eigenvalue weighted by molar-refractivity contribution is -0.121. The Labute approximate surface area is 76.3 Å². The van der Waals surface area contributed by atoms with Gasteiger partial charge in [0, 0.05) is 5.56 Å². The summed E-state index contributed by atoms with van der Waals surface area (Å²) in [5, 5.41) is 0. The molecule has 0 atom stereocenters. The Bertz CT molecular complexity index is 297. The average Bonchev–Trinajstić information content (AvgIpc) is 2.08. The highest BCUT2D eigenvalue weighted by atomic mass is 19.1. The maximum Gasteiger partial charge on any atom is 0.155 e. The summed E-state index contributed by atoms with van der Waals surface area (Å²) in [5.74, 6) is -0.359. The summed E-state index contributed by atoms with van der Waals surface area (Å²) in [5.41, 5.74) is 0.476. The number of hydrogen-bond donors (Lipinski definition) is 0. The third-order valence-electron chi connectivity index (χ3n) is 1.52. The van der Waals surface area contributed by atoms with Gasteiger partial charge in [0.2, 0.25) is 0 Å². The van der Waals surface area contributed by atoms with Crippen molar-refractivity contribution in [2.45, 2.75) is 13.5 Å². The molecule has 0 spiro atoms. The number of carbonyl (C=O) groups is 1. The third-order valence-corrected chi connectivity index (χ3v) is 1.52. The van der Waals surface area contributed by atoms with E-state index in [-0.39, 0.29) is 24.8 Å². The first-order valence-corrected chi connectivity index (χ1v) is 4.00. The van der Waals surface area contributed by atoms with E-state index in [0.29, 0.717) is 5.56 Å². The van der Waals surface area contributed by atoms with Crippen molar-refractivity contribution in [2.75, 3.05) is 6.61 Å². The molecule has 70 valence electrons. The van der Waals surface area contributed by atoms with Gasteiger partial charge in [-0.15, -0.1) is 0 Å². The minimum Gasteiger partial charge on any atom is -0.369 e. The first kappa shape index (κ1) is 9.86. The van der Waals surface area contributed by atoms with Crippen LogP contribution in [0, 0.1) is 5.82 Å². The summed E-state index contributed by atoms with van der Waals surface area (Å²) in [7, 11) is 0. The summed E-state index contributed by atoms with van der Waals surface area (Å²) < 4.78 is 17.9. The van der Waals surface area contributed by atoms with E-state index in [1.54, 1.807) is 18.2 Å². The molecular weight excluding hydrogens is 171 g/mol. The van der Waals surface area contributed by atoms with Gasteiger partial charge in [0.1, 0.15) is 12.4 Å². The first-order chi connectivity index (χ1) is 6.20. The summed E-state index contributed by atoms with van der Waals surface area (Å²) in [6.07, 6.45) is 0. The van der Waals surface area contributed by atoms with Crippen LogP contribution in [0.1, 0.15) is 12.5 Å². The second kappa shape index (κ2) is 4.72. The molecule has 0 aliphatic rings. The van der Waals surface area contributed by atoms with Gasteiger partial charge in [0.15, 0.2) is 5.78 Å². The number of benzene rings is 1. The zero-order valence-electron chi connectivity index (χ0n) is 7.42. The summed E-state index contributed by atoms with van der Waals surface area (Å²) in [4.78, 5) is 10.5. The molecule has 0 amide bonds. The minimum atomic E-state index is -0.300. The number of ether oxygens (including phenoxy) is 1. The van der Waals surface area contributed by atoms with Crippen molar-refractivity contribution in [2.24, 2.45) is 0 Å². The summed E-state index contributed by atoms with van der Waals surface area (Å²) in [6, 6.07) is 6.35. The molecule has 0 aliphatic heterocycles. The van der Waals surface area contributed by atoms with Crippen LogP contribution in [0.4, 0.5) is 4.39 Å². The van der Waals surface area contributed by atoms with E-state index in [1.807, 2.05) is 0 Å². The molecule has 2 nitrogen and oxygen atoms in total. The third kappa shape index (κ3) is 3.34. The largest absolute Gasteiger partial charge is 0.369 e. The Kier molecular flexibility index (Phi) is 3.58. The van der Waals surface area contributed by atoms with Crippen LogP contribution in [0.3, 0.4) is 0 Å². The highest BCUT2D eigenvalue weighted by Crippen LogP contribution is 2.07. The molecule has 3 heteroatoms. The van der Waals surface area contributed by atoms with Crippen molar-refractivity contribution in [3.63, 3.8) is 0 Å². The van der Waals surface area contributed by atoms with Gasteiger partial charge < -0.3 is 4.74 Å². The van der Waals surface area contributed by atoms with E-state index in [2.05, 4.69) is 0 Å². The van der Waals surface area contributed by atoms with Gasteiger partial charge in [-0.05, 0) is 13.0 Å². The first-order valence-electron chi connectivity index (χ1n) is 4.00. The SMILES string of the molecule is CC(=O)COCc1ccccc1F. The van der Waals surface area contributed by atoms with Crippen LogP contribution in [0.25, 0.3) is 0 Å². The molecule has 1 aromatic rings. The highest BCUT2D eigenvalue weighted by Gasteiger charge is 2.00. The molecule has 0 bridgehead atoms. The molecule has 0 saturated carbocycles. The fourth-order valence-electron chi connectivity index (χ4n) is 0.920. The topological polar surface area (TPSA) is 26.3 Å². The van der Waals surface area contributed by atoms with Gasteiger partial charge in [0.25, 0.3) is 0 Å². The van der Waals surface area contributed by atoms with Gasteiger partial charge >= 0.3 is 0 Å². The molecule has 13 heavy (non-hydrogen) atoms. The number of halogens is 1. The van der Waals surface area contributed by atoms with E-state index < -0.39 is 0 Å². The van der Waals surface area contributed by atoms with Gasteiger partial charge in [-0.25, -0.2) is 4.39 Å². The molecule has 0 radical (unpaired) electrons. The molecule has 0 heterocycles. The smallest absolute Gasteiger partial charge is 0.155 e. The zero-order valence-corrected chi connectivity index (χ0v) is 7.42. The monoisotopic (exact) mass is 182 g/mol. The predicted octanol–water partition coefficient (Wildman–Crippen LogP) is 1.93. The maximum absolute atomic E-state index is 12.9. The van der Waals surface area contributed by atoms with Crippen LogP contribution in [-0.4, -0.2) is 12.4 Å². The quantitative estimate of drug-likeness (QED) is 0.711. The van der Waals surface area contributed by atoms with Gasteiger partial charge in [-0.3, -0.25) is 4.79 Å². The molecule has 0 unspecified atom stereocenters. The van der Waals surface area contributed by atoms with Crippen LogP contribution in [0.5, 0.6) is 0 Å². The highest BCUT2D eigenvalue weighted by molar-refractivity contribution is 5.76. The molecule has 1 rings (SSSR count). The Balaban J connectivity index is 2.45. The fraction of sp³-hybridized carbons (Fsp3) is 0.300. The summed E-state index contributed by atoms with van der Waals surface area (Å²) >= 11 is 0. The van der Waals surface area contributed by atoms with Crippen molar-refractivity contribution < 1.29 is 13.9 Å². The van der Waals surface area contributed by atoms with E-state index in [1.165, 1.54) is 13.0 Å². The number of carbonyl (C=O) groups excluding carboxylic acids is 1. The standard InChI is InChI=1S/C10H11FO2/c1-8(12)6-13-7-9-4-2-3-5-10(9)11/h2-5H,6-7H2,1H3. The van der Waals surface area contributed by atoms with Crippen molar-refractivity contribution in [3.05, 3.63) is 35.6 Å². The Morgan fingerprint density at radius 1 is 1.46 bits per heavy atom. The van der Waals surface area contributed by atoms with E-state index in [4.69, 9.17) is 4.74 Å². The molecule has 0 saturated heterocycles. The number of rotatable bonds is 4. The van der Waals surface area contributed by atoms with Crippen molar-refractivity contribution >= 4 is 5.78 Å². The van der Waals surface area contributed by atoms with E-state index >= 15 is 0 Å². The van der Waals surface area contributed by atoms with Crippen LogP contribution in [0.2, 0.25) is 0 Å². The molecule has 0 aromatic heterocycles. The number of hydrogen-bond acceptors (Lipinski definition) is 2. The minimum absolute atomic E-state index is 0.0360. The number of Topliss-reactive ketones (excluding diaryl/α,β-unsaturated/α-hetero) is 1. The Morgan fingerprint density at radius 2 is 2.15 bits per heavy atom. The van der Waals surface area contributed by atoms with Crippen LogP contribution >= 0.6 is 0 Å². The van der Waals surface area contributed by atoms with Crippen LogP contribution in [-0.2, 0) is 16.1 Å². The maximum atomic E-state index is 12.9.